The highest BCUT2D eigenvalue weighted by atomic mass is 16.7. The minimum absolute atomic E-state index is 0.0789. The molecule has 1 amide bonds. The molecule has 1 aliphatic heterocycles. The van der Waals surface area contributed by atoms with E-state index in [0.29, 0.717) is 29.2 Å². The Kier molecular flexibility index (Phi) is 3.12. The Morgan fingerprint density at radius 2 is 2.15 bits per heavy atom. The molecule has 20 heavy (non-hydrogen) atoms. The fourth-order valence-electron chi connectivity index (χ4n) is 2.01. The number of carbonyl (C=O) groups is 2. The third-order valence-electron chi connectivity index (χ3n) is 2.96. The number of ether oxygens (including phenoxy) is 2. The molecule has 6 nitrogen and oxygen atoms in total. The highest BCUT2D eigenvalue weighted by Crippen LogP contribution is 2.34. The summed E-state index contributed by atoms with van der Waals surface area (Å²) >= 11 is 0. The van der Waals surface area contributed by atoms with E-state index >= 15 is 0 Å². The minimum atomic E-state index is -0.219. The Bertz CT molecular complexity index is 663. The molecule has 1 aliphatic rings. The highest BCUT2D eigenvalue weighted by molar-refractivity contribution is 5.91. The monoisotopic (exact) mass is 272 g/mol. The average molecular weight is 272 g/mol. The maximum absolute atomic E-state index is 11.9. The van der Waals surface area contributed by atoms with Gasteiger partial charge in [-0.05, 0) is 24.3 Å². The van der Waals surface area contributed by atoms with Gasteiger partial charge in [0, 0.05) is 18.0 Å². The van der Waals surface area contributed by atoms with E-state index < -0.39 is 0 Å². The van der Waals surface area contributed by atoms with Crippen LogP contribution in [0.4, 0.5) is 5.69 Å². The van der Waals surface area contributed by atoms with E-state index in [-0.39, 0.29) is 19.2 Å². The SMILES string of the molecule is O=Cc1cccn1CC(=O)Nc1ccc2c(c1)OCO2. The molecule has 1 aromatic carbocycles. The van der Waals surface area contributed by atoms with Crippen LogP contribution in [0.5, 0.6) is 11.5 Å². The standard InChI is InChI=1S/C14H12N2O4/c17-8-11-2-1-5-16(11)7-14(18)15-10-3-4-12-13(6-10)20-9-19-12/h1-6,8H,7,9H2,(H,15,18). The zero-order valence-corrected chi connectivity index (χ0v) is 10.5. The number of fused-ring (bicyclic) bond motifs is 1. The van der Waals surface area contributed by atoms with E-state index in [0.717, 1.165) is 0 Å². The number of aldehydes is 1. The van der Waals surface area contributed by atoms with Crippen LogP contribution in [0.1, 0.15) is 10.5 Å². The second-order valence-corrected chi connectivity index (χ2v) is 4.30. The second-order valence-electron chi connectivity index (χ2n) is 4.30. The van der Waals surface area contributed by atoms with Gasteiger partial charge in [0.1, 0.15) is 6.54 Å². The van der Waals surface area contributed by atoms with Gasteiger partial charge < -0.3 is 19.4 Å². The third kappa shape index (κ3) is 2.35. The van der Waals surface area contributed by atoms with Crippen molar-refractivity contribution in [1.29, 1.82) is 0 Å². The molecule has 0 fully saturated rings. The molecule has 2 heterocycles. The van der Waals surface area contributed by atoms with Gasteiger partial charge in [0.15, 0.2) is 17.8 Å². The maximum atomic E-state index is 11.9. The molecule has 3 rings (SSSR count). The molecule has 102 valence electrons. The normalized spacial score (nSPS) is 12.2. The van der Waals surface area contributed by atoms with Crippen molar-refractivity contribution in [3.8, 4) is 11.5 Å². The van der Waals surface area contributed by atoms with Crippen LogP contribution in [0.15, 0.2) is 36.5 Å². The lowest BCUT2D eigenvalue weighted by molar-refractivity contribution is -0.116. The Morgan fingerprint density at radius 3 is 3.00 bits per heavy atom. The van der Waals surface area contributed by atoms with Crippen molar-refractivity contribution in [1.82, 2.24) is 4.57 Å². The molecule has 6 heteroatoms. The van der Waals surface area contributed by atoms with Crippen molar-refractivity contribution in [2.75, 3.05) is 12.1 Å². The summed E-state index contributed by atoms with van der Waals surface area (Å²) in [5, 5.41) is 2.75. The van der Waals surface area contributed by atoms with Crippen LogP contribution in [-0.2, 0) is 11.3 Å². The van der Waals surface area contributed by atoms with E-state index in [4.69, 9.17) is 9.47 Å². The third-order valence-corrected chi connectivity index (χ3v) is 2.96. The second kappa shape index (κ2) is 5.08. The van der Waals surface area contributed by atoms with Crippen LogP contribution < -0.4 is 14.8 Å². The fourth-order valence-corrected chi connectivity index (χ4v) is 2.01. The van der Waals surface area contributed by atoms with Crippen LogP contribution in [0.3, 0.4) is 0 Å². The molecule has 2 aromatic rings. The highest BCUT2D eigenvalue weighted by Gasteiger charge is 2.14. The van der Waals surface area contributed by atoms with E-state index in [9.17, 15) is 9.59 Å². The summed E-state index contributed by atoms with van der Waals surface area (Å²) in [5.41, 5.74) is 1.09. The number of benzene rings is 1. The predicted octanol–water partition coefficient (Wildman–Crippen LogP) is 1.67. The molecular formula is C14H12N2O4. The topological polar surface area (TPSA) is 69.6 Å². The van der Waals surface area contributed by atoms with Gasteiger partial charge in [0.2, 0.25) is 12.7 Å². The predicted molar refractivity (Wildman–Crippen MR) is 71.0 cm³/mol. The number of nitrogens with zero attached hydrogens (tertiary/aromatic N) is 1. The number of nitrogens with one attached hydrogen (secondary N) is 1. The van der Waals surface area contributed by atoms with Crippen molar-refractivity contribution >= 4 is 17.9 Å². The Hall–Kier alpha value is -2.76. The number of aromatic nitrogens is 1. The maximum Gasteiger partial charge on any atom is 0.244 e. The zero-order chi connectivity index (χ0) is 13.9. The van der Waals surface area contributed by atoms with Gasteiger partial charge in [-0.1, -0.05) is 0 Å². The average Bonchev–Trinajstić information content (AvgIpc) is 3.06. The van der Waals surface area contributed by atoms with Crippen LogP contribution in [0.25, 0.3) is 0 Å². The van der Waals surface area contributed by atoms with E-state index in [1.54, 1.807) is 41.1 Å². The molecule has 0 atom stereocenters. The number of hydrogen-bond donors (Lipinski definition) is 1. The summed E-state index contributed by atoms with van der Waals surface area (Å²) < 4.78 is 12.0. The van der Waals surface area contributed by atoms with Gasteiger partial charge in [-0.2, -0.15) is 0 Å². The number of hydrogen-bond acceptors (Lipinski definition) is 4. The Morgan fingerprint density at radius 1 is 1.30 bits per heavy atom. The van der Waals surface area contributed by atoms with Gasteiger partial charge in [-0.3, -0.25) is 9.59 Å². The van der Waals surface area contributed by atoms with Crippen molar-refractivity contribution in [2.45, 2.75) is 6.54 Å². The summed E-state index contributed by atoms with van der Waals surface area (Å²) in [7, 11) is 0. The molecule has 0 spiro atoms. The summed E-state index contributed by atoms with van der Waals surface area (Å²) in [6.45, 7) is 0.272. The van der Waals surface area contributed by atoms with Gasteiger partial charge in [0.05, 0.1) is 5.69 Å². The fraction of sp³-hybridized carbons (Fsp3) is 0.143. The summed E-state index contributed by atoms with van der Waals surface area (Å²) in [6, 6.07) is 8.56. The van der Waals surface area contributed by atoms with E-state index in [1.165, 1.54) is 0 Å². The summed E-state index contributed by atoms with van der Waals surface area (Å²) in [5.74, 6) is 1.05. The van der Waals surface area contributed by atoms with Crippen LogP contribution in [-0.4, -0.2) is 23.6 Å². The summed E-state index contributed by atoms with van der Waals surface area (Å²) in [4.78, 5) is 22.7. The molecule has 0 unspecified atom stereocenters. The van der Waals surface area contributed by atoms with Crippen LogP contribution in [0, 0.1) is 0 Å². The molecule has 0 saturated carbocycles. The van der Waals surface area contributed by atoms with Crippen molar-refractivity contribution in [3.63, 3.8) is 0 Å². The van der Waals surface area contributed by atoms with Crippen LogP contribution >= 0.6 is 0 Å². The Balaban J connectivity index is 1.68. The molecule has 0 saturated heterocycles. The lowest BCUT2D eigenvalue weighted by atomic mass is 10.3. The first-order chi connectivity index (χ1) is 9.76. The number of carbonyl (C=O) groups excluding carboxylic acids is 2. The van der Waals surface area contributed by atoms with Crippen molar-refractivity contribution in [3.05, 3.63) is 42.2 Å². The van der Waals surface area contributed by atoms with E-state index in [1.807, 2.05) is 0 Å². The molecular weight excluding hydrogens is 260 g/mol. The number of amides is 1. The molecule has 0 aliphatic carbocycles. The number of rotatable bonds is 4. The van der Waals surface area contributed by atoms with Crippen molar-refractivity contribution < 1.29 is 19.1 Å². The smallest absolute Gasteiger partial charge is 0.244 e. The first kappa shape index (κ1) is 12.3. The molecule has 1 N–H and O–H groups in total. The molecule has 0 radical (unpaired) electrons. The zero-order valence-electron chi connectivity index (χ0n) is 10.5. The van der Waals surface area contributed by atoms with Gasteiger partial charge in [-0.25, -0.2) is 0 Å². The van der Waals surface area contributed by atoms with Crippen molar-refractivity contribution in [2.24, 2.45) is 0 Å². The molecule has 1 aromatic heterocycles. The minimum Gasteiger partial charge on any atom is -0.454 e. The Labute approximate surface area is 114 Å². The lowest BCUT2D eigenvalue weighted by Gasteiger charge is -2.08. The van der Waals surface area contributed by atoms with Gasteiger partial charge in [0.25, 0.3) is 0 Å². The summed E-state index contributed by atoms with van der Waals surface area (Å²) in [6.07, 6.45) is 2.40. The first-order valence-electron chi connectivity index (χ1n) is 6.06. The van der Waals surface area contributed by atoms with Crippen LogP contribution in [0.2, 0.25) is 0 Å². The largest absolute Gasteiger partial charge is 0.454 e. The lowest BCUT2D eigenvalue weighted by Crippen LogP contribution is -2.19. The number of anilines is 1. The van der Waals surface area contributed by atoms with Gasteiger partial charge in [-0.15, -0.1) is 0 Å². The quantitative estimate of drug-likeness (QED) is 0.859. The van der Waals surface area contributed by atoms with E-state index in [2.05, 4.69) is 5.32 Å². The molecule has 0 bridgehead atoms. The van der Waals surface area contributed by atoms with Gasteiger partial charge >= 0.3 is 0 Å². The first-order valence-corrected chi connectivity index (χ1v) is 6.06.